The van der Waals surface area contributed by atoms with E-state index in [2.05, 4.69) is 20.8 Å². The van der Waals surface area contributed by atoms with Gasteiger partial charge in [-0.3, -0.25) is 9.59 Å². The maximum Gasteiger partial charge on any atom is 0.303 e. The van der Waals surface area contributed by atoms with Crippen LogP contribution in [-0.4, -0.2) is 56.7 Å². The van der Waals surface area contributed by atoms with Crippen LogP contribution in [0.25, 0.3) is 0 Å². The number of benzene rings is 2. The molecule has 0 N–H and O–H groups in total. The van der Waals surface area contributed by atoms with Gasteiger partial charge in [-0.05, 0) is 35.8 Å². The summed E-state index contributed by atoms with van der Waals surface area (Å²) in [4.78, 5) is 25.5. The van der Waals surface area contributed by atoms with Crippen molar-refractivity contribution in [1.82, 2.24) is 0 Å². The smallest absolute Gasteiger partial charge is 0.303 e. The lowest BCUT2D eigenvalue weighted by Crippen LogP contribution is -2.63. The molecule has 2 aromatic rings. The molecule has 1 fully saturated rings. The van der Waals surface area contributed by atoms with Gasteiger partial charge in [0.15, 0.2) is 20.5 Å². The molecule has 208 valence electrons. The number of hydrogen-bond acceptors (Lipinski definition) is 8. The molecule has 0 radical (unpaired) electrons. The minimum atomic E-state index is -2.18. The number of rotatable bonds is 13. The van der Waals surface area contributed by atoms with Crippen LogP contribution in [-0.2, 0) is 39.6 Å². The number of esters is 2. The molecular formula is C29H40O7SSi. The van der Waals surface area contributed by atoms with E-state index >= 15 is 0 Å². The first-order valence-corrected chi connectivity index (χ1v) is 16.7. The number of hydrogen-bond donors (Lipinski definition) is 0. The summed E-state index contributed by atoms with van der Waals surface area (Å²) in [5.74, 6) is -0.941. The molecule has 0 unspecified atom stereocenters. The SMILES string of the molecule is CC[Si](CC)(CC)O[C@@H]1[C@H](OC(C)=O)[C@@H](OC(C)=O)[C@H](Sc2ccccc2)O[C@@H]1COCc1ccccc1. The average Bonchev–Trinajstić information content (AvgIpc) is 2.91. The standard InChI is InChI=1S/C29H40O7SSi/c1-6-38(7-2,8-3)36-26-25(20-32-19-23-15-11-9-12-16-23)35-29(37-24-17-13-10-14-18-24)28(34-22(5)31)27(26)33-21(4)30/h9-18,25-29H,6-8,19-20H2,1-5H3/t25-,26+,27+,28-,29+/m1/s1. The van der Waals surface area contributed by atoms with Crippen molar-refractivity contribution in [2.24, 2.45) is 0 Å². The Bertz CT molecular complexity index is 994. The summed E-state index contributed by atoms with van der Waals surface area (Å²) < 4.78 is 31.3. The molecule has 0 aliphatic carbocycles. The van der Waals surface area contributed by atoms with Crippen molar-refractivity contribution in [1.29, 1.82) is 0 Å². The van der Waals surface area contributed by atoms with Crippen molar-refractivity contribution in [3.8, 4) is 0 Å². The van der Waals surface area contributed by atoms with E-state index in [0.29, 0.717) is 6.61 Å². The minimum absolute atomic E-state index is 0.234. The van der Waals surface area contributed by atoms with Gasteiger partial charge in [0.2, 0.25) is 0 Å². The average molecular weight is 561 g/mol. The second-order valence-electron chi connectivity index (χ2n) is 9.45. The molecular weight excluding hydrogens is 520 g/mol. The van der Waals surface area contributed by atoms with Gasteiger partial charge < -0.3 is 23.4 Å². The Labute approximate surface area is 231 Å². The van der Waals surface area contributed by atoms with Crippen molar-refractivity contribution in [3.05, 3.63) is 66.2 Å². The van der Waals surface area contributed by atoms with Crippen LogP contribution in [0.3, 0.4) is 0 Å². The van der Waals surface area contributed by atoms with Gasteiger partial charge in [0.1, 0.15) is 17.6 Å². The highest BCUT2D eigenvalue weighted by atomic mass is 32.2. The summed E-state index contributed by atoms with van der Waals surface area (Å²) >= 11 is 1.43. The maximum atomic E-state index is 12.3. The summed E-state index contributed by atoms with van der Waals surface area (Å²) in [6, 6.07) is 22.4. The van der Waals surface area contributed by atoms with Gasteiger partial charge in [0.05, 0.1) is 13.2 Å². The molecule has 0 aromatic heterocycles. The topological polar surface area (TPSA) is 80.3 Å². The first-order valence-electron chi connectivity index (χ1n) is 13.3. The van der Waals surface area contributed by atoms with Gasteiger partial charge in [0, 0.05) is 18.7 Å². The Morgan fingerprint density at radius 2 is 1.37 bits per heavy atom. The molecule has 1 saturated heterocycles. The Morgan fingerprint density at radius 1 is 0.816 bits per heavy atom. The molecule has 1 aliphatic rings. The fourth-order valence-corrected chi connectivity index (χ4v) is 8.67. The molecule has 9 heteroatoms. The molecule has 0 bridgehead atoms. The number of ether oxygens (including phenoxy) is 4. The lowest BCUT2D eigenvalue weighted by Gasteiger charge is -2.47. The van der Waals surface area contributed by atoms with Crippen LogP contribution >= 0.6 is 11.8 Å². The van der Waals surface area contributed by atoms with E-state index in [9.17, 15) is 9.59 Å². The lowest BCUT2D eigenvalue weighted by atomic mass is 9.99. The largest absolute Gasteiger partial charge is 0.456 e. The van der Waals surface area contributed by atoms with Crippen LogP contribution in [0.15, 0.2) is 65.6 Å². The van der Waals surface area contributed by atoms with E-state index in [0.717, 1.165) is 28.6 Å². The monoisotopic (exact) mass is 560 g/mol. The molecule has 38 heavy (non-hydrogen) atoms. The zero-order valence-electron chi connectivity index (χ0n) is 23.0. The first kappa shape index (κ1) is 30.4. The molecule has 0 amide bonds. The zero-order chi connectivity index (χ0) is 27.5. The molecule has 1 aliphatic heterocycles. The zero-order valence-corrected chi connectivity index (χ0v) is 24.8. The lowest BCUT2D eigenvalue weighted by molar-refractivity contribution is -0.228. The number of carbonyl (C=O) groups excluding carboxylic acids is 2. The quantitative estimate of drug-likeness (QED) is 0.219. The molecule has 3 rings (SSSR count). The third kappa shape index (κ3) is 8.41. The van der Waals surface area contributed by atoms with Crippen LogP contribution in [0.1, 0.15) is 40.2 Å². The van der Waals surface area contributed by atoms with Crippen LogP contribution < -0.4 is 0 Å². The van der Waals surface area contributed by atoms with Crippen molar-refractivity contribution in [2.45, 2.75) is 94.1 Å². The van der Waals surface area contributed by atoms with E-state index in [4.69, 9.17) is 23.4 Å². The molecule has 2 aromatic carbocycles. The van der Waals surface area contributed by atoms with Gasteiger partial charge >= 0.3 is 11.9 Å². The van der Waals surface area contributed by atoms with Gasteiger partial charge in [-0.25, -0.2) is 0 Å². The van der Waals surface area contributed by atoms with Gasteiger partial charge in [0.25, 0.3) is 0 Å². The summed E-state index contributed by atoms with van der Waals surface area (Å²) in [5.41, 5.74) is 0.418. The fraction of sp³-hybridized carbons (Fsp3) is 0.517. The van der Waals surface area contributed by atoms with Crippen LogP contribution in [0.4, 0.5) is 0 Å². The van der Waals surface area contributed by atoms with E-state index in [-0.39, 0.29) is 6.61 Å². The highest BCUT2D eigenvalue weighted by Gasteiger charge is 2.53. The van der Waals surface area contributed by atoms with E-state index < -0.39 is 50.1 Å². The molecule has 0 saturated carbocycles. The fourth-order valence-electron chi connectivity index (χ4n) is 4.68. The Kier molecular flexibility index (Phi) is 11.9. The van der Waals surface area contributed by atoms with Crippen molar-refractivity contribution >= 4 is 32.0 Å². The number of thioether (sulfide) groups is 1. The molecule has 1 heterocycles. The normalized spacial score (nSPS) is 23.6. The third-order valence-corrected chi connectivity index (χ3v) is 12.7. The first-order chi connectivity index (χ1) is 18.3. The van der Waals surface area contributed by atoms with E-state index in [1.807, 2.05) is 60.7 Å². The molecule has 7 nitrogen and oxygen atoms in total. The summed E-state index contributed by atoms with van der Waals surface area (Å²) in [5, 5.41) is 0. The predicted octanol–water partition coefficient (Wildman–Crippen LogP) is 5.97. The second-order valence-corrected chi connectivity index (χ2v) is 15.3. The molecule has 0 spiro atoms. The Hall–Kier alpha value is -2.17. The van der Waals surface area contributed by atoms with Gasteiger partial charge in [-0.1, -0.05) is 81.1 Å². The predicted molar refractivity (Wildman–Crippen MR) is 150 cm³/mol. The Morgan fingerprint density at radius 3 is 1.92 bits per heavy atom. The molecule has 5 atom stereocenters. The maximum absolute atomic E-state index is 12.3. The van der Waals surface area contributed by atoms with Crippen LogP contribution in [0.5, 0.6) is 0 Å². The summed E-state index contributed by atoms with van der Waals surface area (Å²) in [7, 11) is -2.18. The van der Waals surface area contributed by atoms with Gasteiger partial charge in [-0.15, -0.1) is 0 Å². The number of carbonyl (C=O) groups is 2. The summed E-state index contributed by atoms with van der Waals surface area (Å²) in [6.07, 6.45) is -2.87. The second kappa shape index (κ2) is 14.8. The Balaban J connectivity index is 1.97. The van der Waals surface area contributed by atoms with Crippen molar-refractivity contribution in [2.75, 3.05) is 6.61 Å². The van der Waals surface area contributed by atoms with Crippen molar-refractivity contribution in [3.63, 3.8) is 0 Å². The highest BCUT2D eigenvalue weighted by Crippen LogP contribution is 2.39. The minimum Gasteiger partial charge on any atom is -0.456 e. The van der Waals surface area contributed by atoms with Crippen LogP contribution in [0.2, 0.25) is 18.1 Å². The highest BCUT2D eigenvalue weighted by molar-refractivity contribution is 7.99. The van der Waals surface area contributed by atoms with Crippen molar-refractivity contribution < 1.29 is 33.0 Å². The third-order valence-electron chi connectivity index (χ3n) is 6.90. The van der Waals surface area contributed by atoms with E-state index in [1.54, 1.807) is 0 Å². The van der Waals surface area contributed by atoms with Crippen LogP contribution in [0, 0.1) is 0 Å². The summed E-state index contributed by atoms with van der Waals surface area (Å²) in [6.45, 7) is 9.78. The van der Waals surface area contributed by atoms with E-state index in [1.165, 1.54) is 25.6 Å². The van der Waals surface area contributed by atoms with Gasteiger partial charge in [-0.2, -0.15) is 0 Å².